The second-order valence-corrected chi connectivity index (χ2v) is 4.67. The highest BCUT2D eigenvalue weighted by atomic mass is 16.4. The fourth-order valence-electron chi connectivity index (χ4n) is 1.76. The van der Waals surface area contributed by atoms with E-state index < -0.39 is 5.97 Å². The molecule has 0 aromatic heterocycles. The number of nitrogens with zero attached hydrogens (tertiary/aromatic N) is 1. The molecule has 0 aliphatic carbocycles. The van der Waals surface area contributed by atoms with Crippen LogP contribution in [0.4, 0.5) is 10.5 Å². The Kier molecular flexibility index (Phi) is 6.82. The van der Waals surface area contributed by atoms with Crippen LogP contribution in [0.25, 0.3) is 0 Å². The van der Waals surface area contributed by atoms with Gasteiger partial charge in [-0.05, 0) is 25.5 Å². The average Bonchev–Trinajstić information content (AvgIpc) is 2.45. The second-order valence-electron chi connectivity index (χ2n) is 4.67. The number of anilines is 1. The monoisotopic (exact) mass is 288 g/mol. The third-order valence-corrected chi connectivity index (χ3v) is 2.91. The van der Waals surface area contributed by atoms with Gasteiger partial charge in [0.05, 0.1) is 6.42 Å². The third kappa shape index (κ3) is 6.00. The van der Waals surface area contributed by atoms with Crippen molar-refractivity contribution in [1.82, 2.24) is 5.32 Å². The van der Waals surface area contributed by atoms with E-state index >= 15 is 0 Å². The van der Waals surface area contributed by atoms with Gasteiger partial charge in [-0.3, -0.25) is 9.69 Å². The fourth-order valence-corrected chi connectivity index (χ4v) is 1.76. The number of rotatable bonds is 7. The summed E-state index contributed by atoms with van der Waals surface area (Å²) in [6, 6.07) is 7.07. The van der Waals surface area contributed by atoms with Crippen molar-refractivity contribution < 1.29 is 14.7 Å². The minimum Gasteiger partial charge on any atom is -0.481 e. The number of nitrogens with one attached hydrogen (secondary N) is 1. The summed E-state index contributed by atoms with van der Waals surface area (Å²) >= 11 is 0. The maximum atomic E-state index is 12.2. The summed E-state index contributed by atoms with van der Waals surface area (Å²) in [6.07, 6.45) is 6.34. The molecule has 1 aromatic rings. The molecule has 2 N–H and O–H groups in total. The van der Waals surface area contributed by atoms with Gasteiger partial charge in [-0.2, -0.15) is 0 Å². The molecule has 1 aromatic carbocycles. The molecule has 0 radical (unpaired) electrons. The molecule has 0 bridgehead atoms. The Morgan fingerprint density at radius 1 is 1.33 bits per heavy atom. The molecule has 0 saturated carbocycles. The number of amides is 2. The highest BCUT2D eigenvalue weighted by molar-refractivity contribution is 5.92. The number of aryl methyl sites for hydroxylation is 1. The van der Waals surface area contributed by atoms with Gasteiger partial charge in [-0.25, -0.2) is 4.79 Å². The van der Waals surface area contributed by atoms with Crippen LogP contribution in [0.3, 0.4) is 0 Å². The number of urea groups is 1. The lowest BCUT2D eigenvalue weighted by atomic mass is 10.2. The van der Waals surface area contributed by atoms with Gasteiger partial charge in [0.15, 0.2) is 0 Å². The lowest BCUT2D eigenvalue weighted by Gasteiger charge is -2.22. The summed E-state index contributed by atoms with van der Waals surface area (Å²) in [7, 11) is 0. The lowest BCUT2D eigenvalue weighted by molar-refractivity contribution is -0.136. The number of carbonyl (C=O) groups is 2. The van der Waals surface area contributed by atoms with Crippen LogP contribution in [-0.2, 0) is 4.79 Å². The first-order chi connectivity index (χ1) is 10.0. The van der Waals surface area contributed by atoms with Gasteiger partial charge in [0.1, 0.15) is 0 Å². The number of unbranched alkanes of at least 4 members (excludes halogenated alkanes) is 1. The van der Waals surface area contributed by atoms with E-state index in [1.54, 1.807) is 12.1 Å². The molecule has 0 atom stereocenters. The Bertz CT molecular complexity index is 517. The van der Waals surface area contributed by atoms with E-state index in [2.05, 4.69) is 11.2 Å². The third-order valence-electron chi connectivity index (χ3n) is 2.91. The number of carboxylic acids is 1. The molecule has 0 aliphatic rings. The Morgan fingerprint density at radius 2 is 2.00 bits per heavy atom. The molecular weight excluding hydrogens is 268 g/mol. The van der Waals surface area contributed by atoms with Crippen molar-refractivity contribution in [2.24, 2.45) is 0 Å². The quantitative estimate of drug-likeness (QED) is 0.598. The van der Waals surface area contributed by atoms with Gasteiger partial charge in [0, 0.05) is 25.2 Å². The van der Waals surface area contributed by atoms with E-state index in [-0.39, 0.29) is 19.0 Å². The van der Waals surface area contributed by atoms with E-state index in [0.717, 1.165) is 5.56 Å². The zero-order valence-corrected chi connectivity index (χ0v) is 12.1. The molecule has 0 spiro atoms. The Labute approximate surface area is 125 Å². The molecule has 1 rings (SSSR count). The maximum absolute atomic E-state index is 12.2. The summed E-state index contributed by atoms with van der Waals surface area (Å²) in [4.78, 5) is 24.3. The van der Waals surface area contributed by atoms with E-state index in [1.807, 2.05) is 19.1 Å². The van der Waals surface area contributed by atoms with Crippen molar-refractivity contribution in [3.63, 3.8) is 0 Å². The molecule has 112 valence electrons. The number of aliphatic carboxylic acids is 1. The predicted molar refractivity (Wildman–Crippen MR) is 82.2 cm³/mol. The largest absolute Gasteiger partial charge is 0.481 e. The van der Waals surface area contributed by atoms with Crippen LogP contribution in [0, 0.1) is 19.3 Å². The van der Waals surface area contributed by atoms with Crippen molar-refractivity contribution in [2.75, 3.05) is 18.0 Å². The van der Waals surface area contributed by atoms with E-state index in [0.29, 0.717) is 25.1 Å². The number of benzene rings is 1. The zero-order valence-electron chi connectivity index (χ0n) is 12.1. The molecular formula is C16H20N2O3. The summed E-state index contributed by atoms with van der Waals surface area (Å²) in [6.45, 7) is 2.54. The standard InChI is InChI=1S/C16H20N2O3/c1-3-4-5-11-17-16(21)18(12-10-15(19)20)14-8-6-13(2)7-9-14/h1,6-9H,4-5,10-12H2,2H3,(H,17,21)(H,19,20). The number of carboxylic acid groups (broad SMARTS) is 1. The minimum absolute atomic E-state index is 0.106. The number of hydrogen-bond donors (Lipinski definition) is 2. The fraction of sp³-hybridized carbons (Fsp3) is 0.375. The van der Waals surface area contributed by atoms with Gasteiger partial charge >= 0.3 is 12.0 Å². The molecule has 0 saturated heterocycles. The molecule has 0 heterocycles. The van der Waals surface area contributed by atoms with Crippen LogP contribution in [0.1, 0.15) is 24.8 Å². The average molecular weight is 288 g/mol. The summed E-state index contributed by atoms with van der Waals surface area (Å²) in [5, 5.41) is 11.6. The predicted octanol–water partition coefficient (Wildman–Crippen LogP) is 2.40. The van der Waals surface area contributed by atoms with Gasteiger partial charge in [0.25, 0.3) is 0 Å². The van der Waals surface area contributed by atoms with Gasteiger partial charge in [-0.15, -0.1) is 12.3 Å². The summed E-state index contributed by atoms with van der Waals surface area (Å²) < 4.78 is 0. The maximum Gasteiger partial charge on any atom is 0.321 e. The highest BCUT2D eigenvalue weighted by Gasteiger charge is 2.16. The molecule has 0 unspecified atom stereocenters. The van der Waals surface area contributed by atoms with Crippen molar-refractivity contribution >= 4 is 17.7 Å². The summed E-state index contributed by atoms with van der Waals surface area (Å²) in [5.41, 5.74) is 1.75. The van der Waals surface area contributed by atoms with Gasteiger partial charge in [-0.1, -0.05) is 17.7 Å². The van der Waals surface area contributed by atoms with Crippen LogP contribution in [0.15, 0.2) is 24.3 Å². The topological polar surface area (TPSA) is 69.6 Å². The number of terminal acetylenes is 1. The van der Waals surface area contributed by atoms with Gasteiger partial charge < -0.3 is 10.4 Å². The SMILES string of the molecule is C#CCCCNC(=O)N(CCC(=O)O)c1ccc(C)cc1. The first kappa shape index (κ1) is 16.6. The van der Waals surface area contributed by atoms with E-state index in [4.69, 9.17) is 11.5 Å². The van der Waals surface area contributed by atoms with Crippen LogP contribution >= 0.6 is 0 Å². The molecule has 21 heavy (non-hydrogen) atoms. The molecule has 5 nitrogen and oxygen atoms in total. The lowest BCUT2D eigenvalue weighted by Crippen LogP contribution is -2.41. The van der Waals surface area contributed by atoms with Crippen LogP contribution in [-0.4, -0.2) is 30.2 Å². The molecule has 5 heteroatoms. The Balaban J connectivity index is 2.71. The molecule has 0 fully saturated rings. The number of carbonyl (C=O) groups excluding carboxylic acids is 1. The van der Waals surface area contributed by atoms with Crippen molar-refractivity contribution in [3.05, 3.63) is 29.8 Å². The first-order valence-electron chi connectivity index (χ1n) is 6.82. The second kappa shape index (κ2) is 8.64. The zero-order chi connectivity index (χ0) is 15.7. The van der Waals surface area contributed by atoms with Gasteiger partial charge in [0.2, 0.25) is 0 Å². The smallest absolute Gasteiger partial charge is 0.321 e. The van der Waals surface area contributed by atoms with Crippen molar-refractivity contribution in [1.29, 1.82) is 0 Å². The van der Waals surface area contributed by atoms with Crippen molar-refractivity contribution in [3.8, 4) is 12.3 Å². The number of hydrogen-bond acceptors (Lipinski definition) is 2. The molecule has 2 amide bonds. The first-order valence-corrected chi connectivity index (χ1v) is 6.82. The van der Waals surface area contributed by atoms with Crippen LogP contribution < -0.4 is 10.2 Å². The minimum atomic E-state index is -0.938. The van der Waals surface area contributed by atoms with E-state index in [9.17, 15) is 9.59 Å². The Hall–Kier alpha value is -2.48. The van der Waals surface area contributed by atoms with Crippen molar-refractivity contribution in [2.45, 2.75) is 26.2 Å². The highest BCUT2D eigenvalue weighted by Crippen LogP contribution is 2.15. The normalized spacial score (nSPS) is 9.71. The van der Waals surface area contributed by atoms with Crippen LogP contribution in [0.2, 0.25) is 0 Å². The Morgan fingerprint density at radius 3 is 2.57 bits per heavy atom. The summed E-state index contributed by atoms with van der Waals surface area (Å²) in [5.74, 6) is 1.57. The molecule has 0 aliphatic heterocycles. The van der Waals surface area contributed by atoms with Crippen LogP contribution in [0.5, 0.6) is 0 Å². The van der Waals surface area contributed by atoms with E-state index in [1.165, 1.54) is 4.90 Å².